The second-order valence-electron chi connectivity index (χ2n) is 7.11. The van der Waals surface area contributed by atoms with Crippen molar-refractivity contribution in [3.05, 3.63) is 53.6 Å². The molecular weight excluding hydrogens is 378 g/mol. The van der Waals surface area contributed by atoms with Crippen LogP contribution in [0.5, 0.6) is 11.5 Å². The van der Waals surface area contributed by atoms with E-state index in [0.717, 1.165) is 24.8 Å². The normalized spacial score (nSPS) is 20.0. The van der Waals surface area contributed by atoms with E-state index in [9.17, 15) is 13.2 Å². The number of ether oxygens (including phenoxy) is 2. The lowest BCUT2D eigenvalue weighted by Gasteiger charge is -2.25. The van der Waals surface area contributed by atoms with Crippen molar-refractivity contribution in [1.82, 2.24) is 4.31 Å². The van der Waals surface area contributed by atoms with Gasteiger partial charge in [-0.25, -0.2) is 8.42 Å². The fraction of sp³-hybridized carbons (Fsp3) is 0.381. The highest BCUT2D eigenvalue weighted by molar-refractivity contribution is 7.89. The molecule has 0 saturated carbocycles. The maximum atomic E-state index is 13.3. The van der Waals surface area contributed by atoms with E-state index in [1.54, 1.807) is 18.2 Å². The van der Waals surface area contributed by atoms with Crippen LogP contribution in [0.15, 0.2) is 47.4 Å². The maximum absolute atomic E-state index is 13.3. The van der Waals surface area contributed by atoms with Crippen LogP contribution in [0.3, 0.4) is 0 Å². The molecule has 2 aromatic rings. The number of fused-ring (bicyclic) bond motifs is 1. The third kappa shape index (κ3) is 3.52. The summed E-state index contributed by atoms with van der Waals surface area (Å²) in [5, 5.41) is 0. The van der Waals surface area contributed by atoms with Gasteiger partial charge in [-0.1, -0.05) is 18.2 Å². The first-order valence-corrected chi connectivity index (χ1v) is 10.9. The van der Waals surface area contributed by atoms with Gasteiger partial charge in [0.25, 0.3) is 0 Å². The summed E-state index contributed by atoms with van der Waals surface area (Å²) < 4.78 is 39.6. The number of nitrogens with zero attached hydrogens (tertiary/aromatic N) is 1. The van der Waals surface area contributed by atoms with Gasteiger partial charge in [0.15, 0.2) is 17.3 Å². The van der Waals surface area contributed by atoms with Gasteiger partial charge < -0.3 is 9.47 Å². The van der Waals surface area contributed by atoms with Crippen LogP contribution in [0.4, 0.5) is 0 Å². The van der Waals surface area contributed by atoms with Gasteiger partial charge in [0.2, 0.25) is 10.0 Å². The van der Waals surface area contributed by atoms with Crippen molar-refractivity contribution in [1.29, 1.82) is 0 Å². The number of carbonyl (C=O) groups excluding carboxylic acids is 1. The summed E-state index contributed by atoms with van der Waals surface area (Å²) in [7, 11) is -3.71. The number of benzene rings is 2. The smallest absolute Gasteiger partial charge is 0.243 e. The molecule has 1 atom stereocenters. The number of hydrogen-bond donors (Lipinski definition) is 0. The minimum Gasteiger partial charge on any atom is -0.490 e. The molecule has 0 N–H and O–H groups in total. The lowest BCUT2D eigenvalue weighted by atomic mass is 10.0. The summed E-state index contributed by atoms with van der Waals surface area (Å²) in [5.74, 6) is 1.21. The van der Waals surface area contributed by atoms with E-state index in [4.69, 9.17) is 9.47 Å². The number of ketones is 1. The largest absolute Gasteiger partial charge is 0.490 e. The first-order chi connectivity index (χ1) is 13.5. The molecular formula is C21H23NO5S. The van der Waals surface area contributed by atoms with Crippen LogP contribution in [-0.4, -0.2) is 38.3 Å². The molecule has 4 rings (SSSR count). The monoisotopic (exact) mass is 401 g/mol. The molecule has 0 amide bonds. The Balaban J connectivity index is 1.67. The molecule has 0 spiro atoms. The average Bonchev–Trinajstić information content (AvgIpc) is 3.08. The lowest BCUT2D eigenvalue weighted by molar-refractivity contribution is 0.101. The third-order valence-corrected chi connectivity index (χ3v) is 7.11. The van der Waals surface area contributed by atoms with Crippen molar-refractivity contribution in [3.8, 4) is 11.5 Å². The zero-order valence-corrected chi connectivity index (χ0v) is 16.6. The highest BCUT2D eigenvalue weighted by Crippen LogP contribution is 2.40. The Morgan fingerprint density at radius 1 is 1.04 bits per heavy atom. The zero-order valence-electron chi connectivity index (χ0n) is 15.8. The maximum Gasteiger partial charge on any atom is 0.243 e. The van der Waals surface area contributed by atoms with E-state index in [1.165, 1.54) is 17.3 Å². The van der Waals surface area contributed by atoms with Gasteiger partial charge in [-0.05, 0) is 49.6 Å². The van der Waals surface area contributed by atoms with Crippen LogP contribution in [0.2, 0.25) is 0 Å². The van der Waals surface area contributed by atoms with E-state index in [2.05, 4.69) is 0 Å². The van der Waals surface area contributed by atoms with Gasteiger partial charge in [0.05, 0.1) is 24.2 Å². The molecule has 0 aliphatic carbocycles. The molecule has 6 nitrogen and oxygen atoms in total. The average molecular weight is 401 g/mol. The van der Waals surface area contributed by atoms with Gasteiger partial charge in [0, 0.05) is 18.5 Å². The second-order valence-corrected chi connectivity index (χ2v) is 9.01. The Bertz CT molecular complexity index is 1000. The van der Waals surface area contributed by atoms with E-state index in [1.807, 2.05) is 18.2 Å². The van der Waals surface area contributed by atoms with Crippen molar-refractivity contribution < 1.29 is 22.7 Å². The van der Waals surface area contributed by atoms with E-state index in [-0.39, 0.29) is 16.7 Å². The number of hydrogen-bond acceptors (Lipinski definition) is 5. The highest BCUT2D eigenvalue weighted by Gasteiger charge is 2.36. The molecule has 0 radical (unpaired) electrons. The quantitative estimate of drug-likeness (QED) is 0.732. The molecule has 2 heterocycles. The Labute approximate surface area is 165 Å². The number of rotatable bonds is 4. The molecule has 1 fully saturated rings. The molecule has 2 aromatic carbocycles. The number of carbonyl (C=O) groups is 1. The predicted octanol–water partition coefficient (Wildman–Crippen LogP) is 3.58. The fourth-order valence-electron chi connectivity index (χ4n) is 3.76. The summed E-state index contributed by atoms with van der Waals surface area (Å²) >= 11 is 0. The Morgan fingerprint density at radius 3 is 2.61 bits per heavy atom. The van der Waals surface area contributed by atoms with Gasteiger partial charge >= 0.3 is 0 Å². The van der Waals surface area contributed by atoms with Crippen LogP contribution in [0.25, 0.3) is 0 Å². The first kappa shape index (κ1) is 19.0. The van der Waals surface area contributed by atoms with Crippen LogP contribution in [0, 0.1) is 0 Å². The molecule has 2 aliphatic heterocycles. The summed E-state index contributed by atoms with van der Waals surface area (Å²) in [5.41, 5.74) is 1.29. The van der Waals surface area contributed by atoms with E-state index >= 15 is 0 Å². The van der Waals surface area contributed by atoms with Gasteiger partial charge in [-0.2, -0.15) is 4.31 Å². The molecule has 0 unspecified atom stereocenters. The van der Waals surface area contributed by atoms with Gasteiger partial charge in [-0.15, -0.1) is 0 Å². The highest BCUT2D eigenvalue weighted by atomic mass is 32.2. The minimum atomic E-state index is -3.71. The molecule has 0 bridgehead atoms. The first-order valence-electron chi connectivity index (χ1n) is 9.49. The van der Waals surface area contributed by atoms with Gasteiger partial charge in [-0.3, -0.25) is 4.79 Å². The Kier molecular flexibility index (Phi) is 5.12. The molecule has 0 aromatic heterocycles. The zero-order chi connectivity index (χ0) is 19.7. The van der Waals surface area contributed by atoms with Crippen LogP contribution >= 0.6 is 0 Å². The van der Waals surface area contributed by atoms with E-state index < -0.39 is 10.0 Å². The molecule has 28 heavy (non-hydrogen) atoms. The van der Waals surface area contributed by atoms with Crippen molar-refractivity contribution in [3.63, 3.8) is 0 Å². The second kappa shape index (κ2) is 7.56. The topological polar surface area (TPSA) is 72.9 Å². The van der Waals surface area contributed by atoms with E-state index in [0.29, 0.717) is 36.8 Å². The van der Waals surface area contributed by atoms with Gasteiger partial charge in [0.1, 0.15) is 0 Å². The Hall–Kier alpha value is -2.38. The van der Waals surface area contributed by atoms with Crippen molar-refractivity contribution >= 4 is 15.8 Å². The van der Waals surface area contributed by atoms with Crippen LogP contribution in [0.1, 0.15) is 48.1 Å². The summed E-state index contributed by atoms with van der Waals surface area (Å²) in [6.07, 6.45) is 2.34. The van der Waals surface area contributed by atoms with Crippen molar-refractivity contribution in [2.24, 2.45) is 0 Å². The number of Topliss-reactive ketones (excluding diaryl/α,β-unsaturated/α-hetero) is 1. The Morgan fingerprint density at radius 2 is 1.82 bits per heavy atom. The fourth-order valence-corrected chi connectivity index (χ4v) is 5.49. The number of sulfonamides is 1. The third-order valence-electron chi connectivity index (χ3n) is 5.21. The van der Waals surface area contributed by atoms with Crippen molar-refractivity contribution in [2.45, 2.75) is 37.1 Å². The van der Waals surface area contributed by atoms with Crippen molar-refractivity contribution in [2.75, 3.05) is 19.8 Å². The summed E-state index contributed by atoms with van der Waals surface area (Å²) in [6, 6.07) is 11.7. The molecule has 148 valence electrons. The summed E-state index contributed by atoms with van der Waals surface area (Å²) in [4.78, 5) is 11.8. The molecule has 1 saturated heterocycles. The SMILES string of the molecule is CC(=O)c1cccc(S(=O)(=O)N2CCC[C@H]2c2ccc3c(c2)OCCCO3)c1. The summed E-state index contributed by atoms with van der Waals surface area (Å²) in [6.45, 7) is 3.08. The predicted molar refractivity (Wildman–Crippen MR) is 104 cm³/mol. The van der Waals surface area contributed by atoms with Crippen LogP contribution < -0.4 is 9.47 Å². The lowest BCUT2D eigenvalue weighted by Crippen LogP contribution is -2.30. The standard InChI is InChI=1S/C21H23NO5S/c1-15(23)16-5-2-6-18(13-16)28(24,25)22-10-3-7-19(22)17-8-9-20-21(14-17)27-12-4-11-26-20/h2,5-6,8-9,13-14,19H,3-4,7,10-12H2,1H3/t19-/m0/s1. The molecule has 2 aliphatic rings. The minimum absolute atomic E-state index is 0.154. The molecule has 7 heteroatoms. The van der Waals surface area contributed by atoms with Crippen LogP contribution in [-0.2, 0) is 10.0 Å².